The van der Waals surface area contributed by atoms with E-state index < -0.39 is 30.7 Å². The third-order valence-corrected chi connectivity index (χ3v) is 1.85. The summed E-state index contributed by atoms with van der Waals surface area (Å²) in [7, 11) is 0. The molecule has 0 unspecified atom stereocenters. The Morgan fingerprint density at radius 1 is 1.40 bits per heavy atom. The third-order valence-electron chi connectivity index (χ3n) is 1.85. The monoisotopic (exact) mass is 219 g/mol. The summed E-state index contributed by atoms with van der Waals surface area (Å²) >= 11 is 0. The van der Waals surface area contributed by atoms with Gasteiger partial charge in [-0.1, -0.05) is 6.08 Å². The first-order valence-corrected chi connectivity index (χ1v) is 4.54. The van der Waals surface area contributed by atoms with Crippen molar-refractivity contribution in [1.82, 2.24) is 5.32 Å². The Bertz CT molecular complexity index is 209. The fourth-order valence-corrected chi connectivity index (χ4v) is 0.948. The van der Waals surface area contributed by atoms with Gasteiger partial charge < -0.3 is 25.7 Å². The first kappa shape index (κ1) is 14.2. The fourth-order valence-electron chi connectivity index (χ4n) is 0.948. The lowest BCUT2D eigenvalue weighted by Crippen LogP contribution is -2.47. The Hall–Kier alpha value is -0.790. The maximum Gasteiger partial charge on any atom is 0.189 e. The zero-order valence-electron chi connectivity index (χ0n) is 8.33. The molecule has 3 atom stereocenters. The van der Waals surface area contributed by atoms with Crippen molar-refractivity contribution in [3.63, 3.8) is 0 Å². The number of nitrogens with one attached hydrogen (secondary N) is 1. The van der Waals surface area contributed by atoms with E-state index in [1.807, 2.05) is 0 Å². The molecule has 15 heavy (non-hydrogen) atoms. The average Bonchev–Trinajstić information content (AvgIpc) is 2.26. The normalized spacial score (nSPS) is 16.8. The van der Waals surface area contributed by atoms with Gasteiger partial charge in [0.15, 0.2) is 5.78 Å². The van der Waals surface area contributed by atoms with Gasteiger partial charge >= 0.3 is 0 Å². The summed E-state index contributed by atoms with van der Waals surface area (Å²) in [5.41, 5.74) is 0. The zero-order chi connectivity index (χ0) is 11.8. The Morgan fingerprint density at radius 2 is 2.00 bits per heavy atom. The summed E-state index contributed by atoms with van der Waals surface area (Å²) in [4.78, 5) is 10.8. The molecule has 6 nitrogen and oxygen atoms in total. The van der Waals surface area contributed by atoms with Gasteiger partial charge in [-0.2, -0.15) is 0 Å². The molecule has 0 radical (unpaired) electrons. The Morgan fingerprint density at radius 3 is 2.47 bits per heavy atom. The summed E-state index contributed by atoms with van der Waals surface area (Å²) in [5, 5.41) is 38.9. The highest BCUT2D eigenvalue weighted by molar-refractivity contribution is 5.84. The molecule has 0 saturated carbocycles. The largest absolute Gasteiger partial charge is 0.389 e. The molecule has 0 amide bonds. The molecule has 0 heterocycles. The van der Waals surface area contributed by atoms with Crippen LogP contribution < -0.4 is 5.32 Å². The van der Waals surface area contributed by atoms with E-state index in [1.54, 1.807) is 6.08 Å². The van der Waals surface area contributed by atoms with E-state index in [0.717, 1.165) is 0 Å². The number of Topliss-reactive ketones (excluding diaryl/α,β-unsaturated/α-hetero) is 1. The van der Waals surface area contributed by atoms with Crippen LogP contribution in [0.2, 0.25) is 0 Å². The molecule has 0 spiro atoms. The Balaban J connectivity index is 4.00. The van der Waals surface area contributed by atoms with Crippen LogP contribution in [0.15, 0.2) is 12.7 Å². The van der Waals surface area contributed by atoms with Gasteiger partial charge in [0, 0.05) is 13.1 Å². The molecule has 5 N–H and O–H groups in total. The fraction of sp³-hybridized carbons (Fsp3) is 0.667. The van der Waals surface area contributed by atoms with Crippen molar-refractivity contribution in [2.24, 2.45) is 0 Å². The lowest BCUT2D eigenvalue weighted by molar-refractivity contribution is -0.141. The second kappa shape index (κ2) is 7.49. The molecule has 0 saturated heterocycles. The van der Waals surface area contributed by atoms with Gasteiger partial charge in [0.05, 0.1) is 6.10 Å². The van der Waals surface area contributed by atoms with Crippen LogP contribution in [-0.4, -0.2) is 64.2 Å². The quantitative estimate of drug-likeness (QED) is 0.226. The smallest absolute Gasteiger partial charge is 0.189 e. The minimum absolute atomic E-state index is 0.0168. The maximum absolute atomic E-state index is 10.8. The minimum atomic E-state index is -1.77. The van der Waals surface area contributed by atoms with E-state index in [0.29, 0.717) is 6.54 Å². The zero-order valence-corrected chi connectivity index (χ0v) is 8.33. The van der Waals surface area contributed by atoms with E-state index in [2.05, 4.69) is 11.9 Å². The Kier molecular flexibility index (Phi) is 7.10. The summed E-state index contributed by atoms with van der Waals surface area (Å²) in [6.45, 7) is 3.02. The van der Waals surface area contributed by atoms with Gasteiger partial charge in [0.1, 0.15) is 18.8 Å². The van der Waals surface area contributed by atoms with Crippen LogP contribution in [0, 0.1) is 0 Å². The molecule has 6 heteroatoms. The highest BCUT2D eigenvalue weighted by Crippen LogP contribution is 2.00. The third kappa shape index (κ3) is 5.01. The molecular weight excluding hydrogens is 202 g/mol. The van der Waals surface area contributed by atoms with Gasteiger partial charge in [-0.05, 0) is 0 Å². The van der Waals surface area contributed by atoms with E-state index in [9.17, 15) is 15.0 Å². The predicted octanol–water partition coefficient (Wildman–Crippen LogP) is -2.59. The molecule has 0 rings (SSSR count). The number of hydrogen-bond acceptors (Lipinski definition) is 6. The van der Waals surface area contributed by atoms with Crippen LogP contribution in [0.3, 0.4) is 0 Å². The van der Waals surface area contributed by atoms with Gasteiger partial charge in [-0.15, -0.1) is 6.58 Å². The predicted molar refractivity (Wildman–Crippen MR) is 53.2 cm³/mol. The van der Waals surface area contributed by atoms with E-state index in [4.69, 9.17) is 10.2 Å². The second-order valence-corrected chi connectivity index (χ2v) is 3.07. The van der Waals surface area contributed by atoms with Crippen molar-refractivity contribution >= 4 is 5.78 Å². The highest BCUT2D eigenvalue weighted by atomic mass is 16.4. The molecule has 0 aliphatic carbocycles. The first-order chi connectivity index (χ1) is 7.04. The minimum Gasteiger partial charge on any atom is -0.389 e. The van der Waals surface area contributed by atoms with E-state index >= 15 is 0 Å². The van der Waals surface area contributed by atoms with Crippen LogP contribution in [0.4, 0.5) is 0 Å². The van der Waals surface area contributed by atoms with Crippen LogP contribution in [0.5, 0.6) is 0 Å². The molecule has 0 aromatic rings. The molecule has 0 aromatic heterocycles. The van der Waals surface area contributed by atoms with Gasteiger partial charge in [-0.3, -0.25) is 4.79 Å². The van der Waals surface area contributed by atoms with Crippen molar-refractivity contribution < 1.29 is 25.2 Å². The SMILES string of the molecule is C=CCNC[C@H](O)[C@@H](O)[C@H](O)C(=O)CO. The van der Waals surface area contributed by atoms with Crippen LogP contribution in [0.1, 0.15) is 0 Å². The van der Waals surface area contributed by atoms with E-state index in [-0.39, 0.29) is 6.54 Å². The molecule has 0 bridgehead atoms. The number of rotatable bonds is 8. The molecule has 88 valence electrons. The summed E-state index contributed by atoms with van der Waals surface area (Å²) < 4.78 is 0. The molecular formula is C9H17NO5. The summed E-state index contributed by atoms with van der Waals surface area (Å²) in [6, 6.07) is 0. The number of aliphatic hydroxyl groups excluding tert-OH is 4. The number of aliphatic hydroxyl groups is 4. The topological polar surface area (TPSA) is 110 Å². The lowest BCUT2D eigenvalue weighted by atomic mass is 10.0. The van der Waals surface area contributed by atoms with Crippen molar-refractivity contribution in [2.45, 2.75) is 18.3 Å². The summed E-state index contributed by atoms with van der Waals surface area (Å²) in [5.74, 6) is -0.926. The van der Waals surface area contributed by atoms with Crippen molar-refractivity contribution in [3.05, 3.63) is 12.7 Å². The van der Waals surface area contributed by atoms with Gasteiger partial charge in [0.2, 0.25) is 0 Å². The molecule has 0 fully saturated rings. The first-order valence-electron chi connectivity index (χ1n) is 4.54. The van der Waals surface area contributed by atoms with E-state index in [1.165, 1.54) is 0 Å². The van der Waals surface area contributed by atoms with Crippen LogP contribution in [-0.2, 0) is 4.79 Å². The molecule has 0 aliphatic rings. The van der Waals surface area contributed by atoms with Gasteiger partial charge in [-0.25, -0.2) is 0 Å². The Labute approximate surface area is 87.9 Å². The number of ketones is 1. The average molecular weight is 219 g/mol. The van der Waals surface area contributed by atoms with Gasteiger partial charge in [0.25, 0.3) is 0 Å². The maximum atomic E-state index is 10.8. The molecule has 0 aliphatic heterocycles. The van der Waals surface area contributed by atoms with Crippen LogP contribution >= 0.6 is 0 Å². The summed E-state index contributed by atoms with van der Waals surface area (Å²) in [6.07, 6.45) is -3.10. The second-order valence-electron chi connectivity index (χ2n) is 3.07. The number of hydrogen-bond donors (Lipinski definition) is 5. The standard InChI is InChI=1S/C9H17NO5/c1-2-3-10-4-6(12)8(14)9(15)7(13)5-11/h2,6,8-12,14-15H,1,3-5H2/t6-,8+,9+/m0/s1. The number of carbonyl (C=O) groups is 1. The number of carbonyl (C=O) groups excluding carboxylic acids is 1. The van der Waals surface area contributed by atoms with Crippen molar-refractivity contribution in [1.29, 1.82) is 0 Å². The molecule has 0 aromatic carbocycles. The highest BCUT2D eigenvalue weighted by Gasteiger charge is 2.29. The van der Waals surface area contributed by atoms with Crippen molar-refractivity contribution in [3.8, 4) is 0 Å². The lowest BCUT2D eigenvalue weighted by Gasteiger charge is -2.21. The van der Waals surface area contributed by atoms with Crippen molar-refractivity contribution in [2.75, 3.05) is 19.7 Å². The van der Waals surface area contributed by atoms with Crippen LogP contribution in [0.25, 0.3) is 0 Å².